The number of benzene rings is 1. The summed E-state index contributed by atoms with van der Waals surface area (Å²) >= 11 is 6.14. The summed E-state index contributed by atoms with van der Waals surface area (Å²) in [6.07, 6.45) is 2.21. The van der Waals surface area contributed by atoms with Crippen LogP contribution in [0.25, 0.3) is 0 Å². The number of halogens is 1. The molecular weight excluding hydrogens is 418 g/mol. The van der Waals surface area contributed by atoms with Gasteiger partial charge in [-0.25, -0.2) is 12.7 Å². The summed E-state index contributed by atoms with van der Waals surface area (Å²) in [7, 11) is -0.690. The second-order valence-electron chi connectivity index (χ2n) is 7.52. The van der Waals surface area contributed by atoms with Gasteiger partial charge in [0.2, 0.25) is 15.9 Å². The van der Waals surface area contributed by atoms with Crippen molar-refractivity contribution >= 4 is 33.2 Å². The van der Waals surface area contributed by atoms with Crippen LogP contribution in [0.5, 0.6) is 0 Å². The van der Waals surface area contributed by atoms with Gasteiger partial charge in [0, 0.05) is 33.0 Å². The number of anilines is 1. The number of nitrogens with zero attached hydrogens (tertiary/aromatic N) is 2. The molecule has 8 nitrogen and oxygen atoms in total. The predicted molar refractivity (Wildman–Crippen MR) is 110 cm³/mol. The number of hydrogen-bond acceptors (Lipinski definition) is 6. The van der Waals surface area contributed by atoms with Crippen molar-refractivity contribution in [3.63, 3.8) is 0 Å². The lowest BCUT2D eigenvalue weighted by atomic mass is 9.96. The van der Waals surface area contributed by atoms with Crippen LogP contribution in [0.1, 0.15) is 19.3 Å². The molecule has 2 aliphatic rings. The number of ether oxygens (including phenoxy) is 2. The molecule has 162 valence electrons. The molecule has 0 spiro atoms. The molecule has 29 heavy (non-hydrogen) atoms. The minimum absolute atomic E-state index is 0.0756. The van der Waals surface area contributed by atoms with E-state index >= 15 is 0 Å². The van der Waals surface area contributed by atoms with Crippen LogP contribution in [0.2, 0.25) is 5.02 Å². The SMILES string of the molecule is CN(C)S(=O)(=O)c1ccc(Cl)c(NC(=O)CCN2CCC(C3OCCO3)CC2)c1. The first kappa shape index (κ1) is 22.5. The summed E-state index contributed by atoms with van der Waals surface area (Å²) in [6.45, 7) is 3.78. The van der Waals surface area contributed by atoms with E-state index in [-0.39, 0.29) is 17.1 Å². The molecule has 10 heteroatoms. The number of sulfonamides is 1. The molecule has 2 heterocycles. The average Bonchev–Trinajstić information content (AvgIpc) is 3.23. The van der Waals surface area contributed by atoms with Gasteiger partial charge in [0.1, 0.15) is 0 Å². The smallest absolute Gasteiger partial charge is 0.242 e. The molecule has 0 aliphatic carbocycles. The van der Waals surface area contributed by atoms with E-state index < -0.39 is 10.0 Å². The molecule has 1 amide bonds. The van der Waals surface area contributed by atoms with Crippen LogP contribution in [0, 0.1) is 5.92 Å². The second kappa shape index (κ2) is 9.72. The van der Waals surface area contributed by atoms with Crippen molar-refractivity contribution in [2.24, 2.45) is 5.92 Å². The highest BCUT2D eigenvalue weighted by atomic mass is 35.5. The number of amides is 1. The lowest BCUT2D eigenvalue weighted by Crippen LogP contribution is -2.39. The van der Waals surface area contributed by atoms with Crippen LogP contribution in [0.3, 0.4) is 0 Å². The Bertz CT molecular complexity index is 819. The lowest BCUT2D eigenvalue weighted by Gasteiger charge is -2.33. The number of likely N-dealkylation sites (tertiary alicyclic amines) is 1. The van der Waals surface area contributed by atoms with Gasteiger partial charge in [0.15, 0.2) is 6.29 Å². The van der Waals surface area contributed by atoms with Gasteiger partial charge < -0.3 is 19.7 Å². The fourth-order valence-corrected chi connectivity index (χ4v) is 4.63. The summed E-state index contributed by atoms with van der Waals surface area (Å²) < 4.78 is 36.9. The van der Waals surface area contributed by atoms with Crippen molar-refractivity contribution in [3.05, 3.63) is 23.2 Å². The Balaban J connectivity index is 1.50. The Morgan fingerprint density at radius 1 is 1.24 bits per heavy atom. The minimum atomic E-state index is -3.60. The molecule has 1 N–H and O–H groups in total. The lowest BCUT2D eigenvalue weighted by molar-refractivity contribution is -0.117. The fourth-order valence-electron chi connectivity index (χ4n) is 3.54. The monoisotopic (exact) mass is 445 g/mol. The molecule has 3 rings (SSSR count). The third-order valence-electron chi connectivity index (χ3n) is 5.31. The van der Waals surface area contributed by atoms with E-state index in [2.05, 4.69) is 10.2 Å². The molecule has 2 fully saturated rings. The van der Waals surface area contributed by atoms with E-state index in [4.69, 9.17) is 21.1 Å². The van der Waals surface area contributed by atoms with Gasteiger partial charge in [0.25, 0.3) is 0 Å². The number of hydrogen-bond donors (Lipinski definition) is 1. The van der Waals surface area contributed by atoms with E-state index in [1.54, 1.807) is 0 Å². The third kappa shape index (κ3) is 5.68. The number of rotatable bonds is 7. The fraction of sp³-hybridized carbons (Fsp3) is 0.632. The first-order valence-corrected chi connectivity index (χ1v) is 11.6. The molecule has 0 aromatic heterocycles. The zero-order chi connectivity index (χ0) is 21.0. The zero-order valence-corrected chi connectivity index (χ0v) is 18.3. The van der Waals surface area contributed by atoms with Gasteiger partial charge in [-0.2, -0.15) is 0 Å². The first-order chi connectivity index (χ1) is 13.8. The Morgan fingerprint density at radius 2 is 1.90 bits per heavy atom. The van der Waals surface area contributed by atoms with Crippen molar-refractivity contribution in [1.82, 2.24) is 9.21 Å². The highest BCUT2D eigenvalue weighted by Gasteiger charge is 2.30. The van der Waals surface area contributed by atoms with Gasteiger partial charge >= 0.3 is 0 Å². The third-order valence-corrected chi connectivity index (χ3v) is 7.45. The molecule has 0 bridgehead atoms. The molecule has 1 aromatic carbocycles. The number of carbonyl (C=O) groups excluding carboxylic acids is 1. The van der Waals surface area contributed by atoms with Gasteiger partial charge in [0.05, 0.1) is 28.8 Å². The van der Waals surface area contributed by atoms with Crippen molar-refractivity contribution < 1.29 is 22.7 Å². The Kier molecular flexibility index (Phi) is 7.53. The van der Waals surface area contributed by atoms with Gasteiger partial charge in [-0.3, -0.25) is 4.79 Å². The number of nitrogens with one attached hydrogen (secondary N) is 1. The summed E-state index contributed by atoms with van der Waals surface area (Å²) in [5.74, 6) is 0.221. The largest absolute Gasteiger partial charge is 0.350 e. The van der Waals surface area contributed by atoms with Gasteiger partial charge in [-0.05, 0) is 44.1 Å². The minimum Gasteiger partial charge on any atom is -0.350 e. The molecule has 0 radical (unpaired) electrons. The van der Waals surface area contributed by atoms with Crippen LogP contribution in [0.15, 0.2) is 23.1 Å². The molecule has 0 unspecified atom stereocenters. The summed E-state index contributed by atoms with van der Waals surface area (Å²) in [6, 6.07) is 4.30. The van der Waals surface area contributed by atoms with E-state index in [0.29, 0.717) is 42.8 Å². The topological polar surface area (TPSA) is 88.2 Å². The standard InChI is InChI=1S/C19H28ClN3O5S/c1-22(2)29(25,26)15-3-4-16(20)17(13-15)21-18(24)7-10-23-8-5-14(6-9-23)19-27-11-12-28-19/h3-4,13-14,19H,5-12H2,1-2H3,(H,21,24). The highest BCUT2D eigenvalue weighted by molar-refractivity contribution is 7.89. The quantitative estimate of drug-likeness (QED) is 0.690. The predicted octanol–water partition coefficient (Wildman–Crippen LogP) is 2.00. The van der Waals surface area contributed by atoms with Crippen LogP contribution >= 0.6 is 11.6 Å². The maximum atomic E-state index is 12.4. The normalized spacial score (nSPS) is 19.7. The first-order valence-electron chi connectivity index (χ1n) is 9.75. The van der Waals surface area contributed by atoms with Crippen molar-refractivity contribution in [3.8, 4) is 0 Å². The highest BCUT2D eigenvalue weighted by Crippen LogP contribution is 2.27. The number of carbonyl (C=O) groups is 1. The van der Waals surface area contributed by atoms with Crippen molar-refractivity contribution in [2.75, 3.05) is 52.3 Å². The summed E-state index contributed by atoms with van der Waals surface area (Å²) in [5, 5.41) is 3.03. The van der Waals surface area contributed by atoms with Crippen molar-refractivity contribution in [1.29, 1.82) is 0 Å². The van der Waals surface area contributed by atoms with Gasteiger partial charge in [-0.1, -0.05) is 11.6 Å². The van der Waals surface area contributed by atoms with E-state index in [1.165, 1.54) is 32.3 Å². The Morgan fingerprint density at radius 3 is 2.52 bits per heavy atom. The van der Waals surface area contributed by atoms with Crippen molar-refractivity contribution in [2.45, 2.75) is 30.4 Å². The number of piperidine rings is 1. The van der Waals surface area contributed by atoms with E-state index in [9.17, 15) is 13.2 Å². The van der Waals surface area contributed by atoms with Crippen LogP contribution < -0.4 is 5.32 Å². The van der Waals surface area contributed by atoms with E-state index in [0.717, 1.165) is 30.2 Å². The molecule has 2 saturated heterocycles. The zero-order valence-electron chi connectivity index (χ0n) is 16.8. The average molecular weight is 446 g/mol. The molecule has 0 atom stereocenters. The van der Waals surface area contributed by atoms with Crippen LogP contribution in [-0.4, -0.2) is 76.8 Å². The summed E-state index contributed by atoms with van der Waals surface area (Å²) in [5.41, 5.74) is 0.300. The molecular formula is C19H28ClN3O5S. The molecule has 1 aromatic rings. The second-order valence-corrected chi connectivity index (χ2v) is 10.1. The van der Waals surface area contributed by atoms with Gasteiger partial charge in [-0.15, -0.1) is 0 Å². The maximum Gasteiger partial charge on any atom is 0.242 e. The Labute approximate surface area is 177 Å². The van der Waals surface area contributed by atoms with Crippen LogP contribution in [0.4, 0.5) is 5.69 Å². The maximum absolute atomic E-state index is 12.4. The van der Waals surface area contributed by atoms with E-state index in [1.807, 2.05) is 0 Å². The Hall–Kier alpha value is -1.23. The van der Waals surface area contributed by atoms with Crippen LogP contribution in [-0.2, 0) is 24.3 Å². The molecule has 2 aliphatic heterocycles. The summed E-state index contributed by atoms with van der Waals surface area (Å²) in [4.78, 5) is 14.7. The molecule has 0 saturated carbocycles.